The van der Waals surface area contributed by atoms with Crippen LogP contribution in [0, 0.1) is 5.92 Å². The van der Waals surface area contributed by atoms with Gasteiger partial charge in [0.15, 0.2) is 0 Å². The predicted molar refractivity (Wildman–Crippen MR) is 74.9 cm³/mol. The summed E-state index contributed by atoms with van der Waals surface area (Å²) in [5, 5.41) is 17.0. The first kappa shape index (κ1) is 13.7. The molecule has 0 bridgehead atoms. The minimum atomic E-state index is -0.172. The zero-order chi connectivity index (χ0) is 14.7. The van der Waals surface area contributed by atoms with Crippen LogP contribution in [0.3, 0.4) is 0 Å². The molecule has 2 aromatic rings. The van der Waals surface area contributed by atoms with Crippen molar-refractivity contribution < 1.29 is 9.53 Å². The third-order valence-electron chi connectivity index (χ3n) is 3.54. The number of tetrazole rings is 1. The molecular formula is C13H16N6O2. The molecule has 8 heteroatoms. The largest absolute Gasteiger partial charge is 0.379 e. The number of nitrogens with one attached hydrogen (secondary N) is 2. The molecule has 1 aliphatic heterocycles. The van der Waals surface area contributed by atoms with Crippen LogP contribution in [0.25, 0.3) is 5.69 Å². The molecule has 1 aliphatic rings. The van der Waals surface area contributed by atoms with Gasteiger partial charge in [-0.1, -0.05) is 0 Å². The normalized spacial score (nSPS) is 21.4. The van der Waals surface area contributed by atoms with Crippen molar-refractivity contribution in [3.8, 4) is 5.69 Å². The lowest BCUT2D eigenvalue weighted by molar-refractivity contribution is -0.120. The molecule has 110 valence electrons. The third kappa shape index (κ3) is 2.91. The fourth-order valence-corrected chi connectivity index (χ4v) is 2.31. The van der Waals surface area contributed by atoms with E-state index in [2.05, 4.69) is 26.2 Å². The van der Waals surface area contributed by atoms with Gasteiger partial charge in [-0.15, -0.1) is 5.10 Å². The highest BCUT2D eigenvalue weighted by atomic mass is 16.5. The molecule has 2 N–H and O–H groups in total. The van der Waals surface area contributed by atoms with Crippen molar-refractivity contribution >= 4 is 11.6 Å². The van der Waals surface area contributed by atoms with E-state index in [-0.39, 0.29) is 17.9 Å². The molecule has 1 amide bonds. The van der Waals surface area contributed by atoms with Crippen LogP contribution in [0.2, 0.25) is 0 Å². The Labute approximate surface area is 121 Å². The first-order chi connectivity index (χ1) is 10.3. The maximum atomic E-state index is 12.2. The molecule has 2 atom stereocenters. The Bertz CT molecular complexity index is 598. The molecule has 1 aromatic heterocycles. The Morgan fingerprint density at radius 3 is 2.81 bits per heavy atom. The second-order valence-corrected chi connectivity index (χ2v) is 4.83. The summed E-state index contributed by atoms with van der Waals surface area (Å²) in [4.78, 5) is 12.2. The molecule has 1 aromatic carbocycles. The molecule has 2 heterocycles. The number of likely N-dealkylation sites (N-methyl/N-ethyl adjacent to an activating group) is 1. The van der Waals surface area contributed by atoms with E-state index >= 15 is 0 Å². The minimum absolute atomic E-state index is 0.0398. The summed E-state index contributed by atoms with van der Waals surface area (Å²) in [6.07, 6.45) is 1.51. The minimum Gasteiger partial charge on any atom is -0.379 e. The lowest BCUT2D eigenvalue weighted by atomic mass is 10.0. The smallest absolute Gasteiger partial charge is 0.231 e. The number of amides is 1. The van der Waals surface area contributed by atoms with Crippen molar-refractivity contribution in [1.82, 2.24) is 25.5 Å². The zero-order valence-electron chi connectivity index (χ0n) is 11.6. The van der Waals surface area contributed by atoms with Crippen LogP contribution in [0.4, 0.5) is 5.69 Å². The Balaban J connectivity index is 1.66. The van der Waals surface area contributed by atoms with E-state index in [0.717, 1.165) is 11.4 Å². The number of carbonyl (C=O) groups excluding carboxylic acids is 1. The first-order valence-electron chi connectivity index (χ1n) is 6.67. The van der Waals surface area contributed by atoms with Gasteiger partial charge in [-0.05, 0) is 41.7 Å². The zero-order valence-corrected chi connectivity index (χ0v) is 11.6. The van der Waals surface area contributed by atoms with Gasteiger partial charge in [0, 0.05) is 11.7 Å². The molecular weight excluding hydrogens is 272 g/mol. The fourth-order valence-electron chi connectivity index (χ4n) is 2.31. The third-order valence-corrected chi connectivity index (χ3v) is 3.54. The van der Waals surface area contributed by atoms with E-state index in [1.165, 1.54) is 6.33 Å². The molecule has 1 saturated heterocycles. The van der Waals surface area contributed by atoms with Gasteiger partial charge in [0.05, 0.1) is 24.8 Å². The van der Waals surface area contributed by atoms with Crippen LogP contribution in [0.5, 0.6) is 0 Å². The standard InChI is InChI=1S/C13H16N6O2/c1-14-12-7-21-6-11(12)13(20)16-9-2-4-10(5-3-9)19-8-15-17-18-19/h2-5,8,11-12,14H,6-7H2,1H3,(H,16,20). The molecule has 0 saturated carbocycles. The Kier molecular flexibility index (Phi) is 3.89. The fraction of sp³-hybridized carbons (Fsp3) is 0.385. The summed E-state index contributed by atoms with van der Waals surface area (Å²) < 4.78 is 6.89. The molecule has 0 aliphatic carbocycles. The molecule has 8 nitrogen and oxygen atoms in total. The second-order valence-electron chi connectivity index (χ2n) is 4.83. The van der Waals surface area contributed by atoms with Crippen molar-refractivity contribution in [3.05, 3.63) is 30.6 Å². The quantitative estimate of drug-likeness (QED) is 0.811. The van der Waals surface area contributed by atoms with Crippen LogP contribution in [0.1, 0.15) is 0 Å². The summed E-state index contributed by atoms with van der Waals surface area (Å²) in [5.41, 5.74) is 1.56. The van der Waals surface area contributed by atoms with Crippen LogP contribution in [0.15, 0.2) is 30.6 Å². The maximum absolute atomic E-state index is 12.2. The average molecular weight is 288 g/mol. The van der Waals surface area contributed by atoms with Crippen molar-refractivity contribution in [2.75, 3.05) is 25.6 Å². The van der Waals surface area contributed by atoms with Crippen LogP contribution in [-0.4, -0.2) is 52.4 Å². The average Bonchev–Trinajstić information content (AvgIpc) is 3.19. The van der Waals surface area contributed by atoms with E-state index in [0.29, 0.717) is 13.2 Å². The SMILES string of the molecule is CNC1COCC1C(=O)Nc1ccc(-n2cnnn2)cc1. The maximum Gasteiger partial charge on any atom is 0.231 e. The topological polar surface area (TPSA) is 94.0 Å². The number of nitrogens with zero attached hydrogens (tertiary/aromatic N) is 4. The monoisotopic (exact) mass is 288 g/mol. The number of rotatable bonds is 4. The number of carbonyl (C=O) groups is 1. The van der Waals surface area contributed by atoms with Crippen LogP contribution < -0.4 is 10.6 Å². The summed E-state index contributed by atoms with van der Waals surface area (Å²) in [6.45, 7) is 1.01. The number of ether oxygens (including phenoxy) is 1. The lowest BCUT2D eigenvalue weighted by Crippen LogP contribution is -2.39. The highest BCUT2D eigenvalue weighted by Crippen LogP contribution is 2.17. The van der Waals surface area contributed by atoms with Gasteiger partial charge in [0.25, 0.3) is 0 Å². The van der Waals surface area contributed by atoms with Gasteiger partial charge < -0.3 is 15.4 Å². The summed E-state index contributed by atoms with van der Waals surface area (Å²) in [6, 6.07) is 7.38. The molecule has 1 fully saturated rings. The molecule has 3 rings (SSSR count). The van der Waals surface area contributed by atoms with Gasteiger partial charge in [0.1, 0.15) is 6.33 Å². The number of benzene rings is 1. The molecule has 21 heavy (non-hydrogen) atoms. The number of hydrogen-bond acceptors (Lipinski definition) is 6. The molecule has 2 unspecified atom stereocenters. The van der Waals surface area contributed by atoms with Gasteiger partial charge in [0.2, 0.25) is 5.91 Å². The van der Waals surface area contributed by atoms with Crippen LogP contribution in [-0.2, 0) is 9.53 Å². The van der Waals surface area contributed by atoms with Crippen molar-refractivity contribution in [2.45, 2.75) is 6.04 Å². The van der Waals surface area contributed by atoms with Crippen molar-refractivity contribution in [2.24, 2.45) is 5.92 Å². The molecule has 0 radical (unpaired) electrons. The first-order valence-corrected chi connectivity index (χ1v) is 6.67. The summed E-state index contributed by atoms with van der Waals surface area (Å²) >= 11 is 0. The molecule has 0 spiro atoms. The second kappa shape index (κ2) is 5.98. The van der Waals surface area contributed by atoms with E-state index in [1.54, 1.807) is 4.68 Å². The number of anilines is 1. The van der Waals surface area contributed by atoms with Gasteiger partial charge in [-0.2, -0.15) is 0 Å². The van der Waals surface area contributed by atoms with Gasteiger partial charge >= 0.3 is 0 Å². The number of aromatic nitrogens is 4. The number of hydrogen-bond donors (Lipinski definition) is 2. The highest BCUT2D eigenvalue weighted by Gasteiger charge is 2.32. The van der Waals surface area contributed by atoms with E-state index in [1.807, 2.05) is 31.3 Å². The van der Waals surface area contributed by atoms with E-state index < -0.39 is 0 Å². The van der Waals surface area contributed by atoms with E-state index in [9.17, 15) is 4.79 Å². The summed E-state index contributed by atoms with van der Waals surface area (Å²) in [7, 11) is 1.83. The van der Waals surface area contributed by atoms with Crippen molar-refractivity contribution in [1.29, 1.82) is 0 Å². The highest BCUT2D eigenvalue weighted by molar-refractivity contribution is 5.93. The predicted octanol–water partition coefficient (Wildman–Crippen LogP) is -0.165. The summed E-state index contributed by atoms with van der Waals surface area (Å²) in [5.74, 6) is -0.212. The van der Waals surface area contributed by atoms with E-state index in [4.69, 9.17) is 4.74 Å². The van der Waals surface area contributed by atoms with Gasteiger partial charge in [-0.3, -0.25) is 4.79 Å². The van der Waals surface area contributed by atoms with Gasteiger partial charge in [-0.25, -0.2) is 4.68 Å². The van der Waals surface area contributed by atoms with Crippen molar-refractivity contribution in [3.63, 3.8) is 0 Å². The Hall–Kier alpha value is -2.32. The lowest BCUT2D eigenvalue weighted by Gasteiger charge is -2.16. The Morgan fingerprint density at radius 1 is 1.33 bits per heavy atom. The van der Waals surface area contributed by atoms with Crippen LogP contribution >= 0.6 is 0 Å². The Morgan fingerprint density at radius 2 is 2.14 bits per heavy atom.